The third-order valence-electron chi connectivity index (χ3n) is 4.86. The maximum Gasteiger partial charge on any atom is 0.277 e. The minimum atomic E-state index is -0.753. The molecule has 3 aromatic rings. The summed E-state index contributed by atoms with van der Waals surface area (Å²) in [6, 6.07) is 16.8. The summed E-state index contributed by atoms with van der Waals surface area (Å²) in [6.45, 7) is 8.50. The Morgan fingerprint density at radius 3 is 1.81 bits per heavy atom. The predicted octanol–water partition coefficient (Wildman–Crippen LogP) is 2.46. The summed E-state index contributed by atoms with van der Waals surface area (Å²) in [5.74, 6) is -0.102. The number of aryl methyl sites for hydroxylation is 2. The Labute approximate surface area is 193 Å². The molecule has 1 aliphatic rings. The van der Waals surface area contributed by atoms with Gasteiger partial charge in [0.25, 0.3) is 11.4 Å². The van der Waals surface area contributed by atoms with Crippen molar-refractivity contribution >= 4 is 0 Å². The van der Waals surface area contributed by atoms with Crippen molar-refractivity contribution < 1.29 is 40.9 Å². The SMILES string of the molecule is CC(C)(C)NCC(O)c1cc(O)cc(O)c1.[Ni].c1cc[n+]2c(c1)-c1cccc[n+]1CC2. The zero-order chi connectivity index (χ0) is 21.7. The second kappa shape index (κ2) is 10.7. The van der Waals surface area contributed by atoms with Crippen molar-refractivity contribution in [2.75, 3.05) is 6.54 Å². The first-order valence-corrected chi connectivity index (χ1v) is 10.2. The Kier molecular flexibility index (Phi) is 8.57. The molecule has 1 unspecified atom stereocenters. The van der Waals surface area contributed by atoms with E-state index < -0.39 is 6.10 Å². The number of β-amino-alcohol motifs (C(OH)–C–C–N with tert-alkyl or cyclic N) is 1. The van der Waals surface area contributed by atoms with Gasteiger partial charge in [0.15, 0.2) is 12.4 Å². The second-order valence-corrected chi connectivity index (χ2v) is 8.49. The first-order chi connectivity index (χ1) is 14.2. The first kappa shape index (κ1) is 24.8. The van der Waals surface area contributed by atoms with E-state index in [0.29, 0.717) is 12.1 Å². The van der Waals surface area contributed by atoms with Crippen LogP contribution in [0.25, 0.3) is 11.4 Å². The van der Waals surface area contributed by atoms with E-state index in [0.717, 1.165) is 13.1 Å². The van der Waals surface area contributed by atoms with Crippen molar-refractivity contribution in [1.82, 2.24) is 5.32 Å². The minimum Gasteiger partial charge on any atom is -0.508 e. The largest absolute Gasteiger partial charge is 0.508 e. The number of benzene rings is 1. The topological polar surface area (TPSA) is 80.5 Å². The van der Waals surface area contributed by atoms with Gasteiger partial charge in [-0.05, 0) is 50.6 Å². The molecule has 1 atom stereocenters. The van der Waals surface area contributed by atoms with Crippen LogP contribution in [-0.2, 0) is 29.6 Å². The smallest absolute Gasteiger partial charge is 0.277 e. The molecule has 0 saturated carbocycles. The second-order valence-electron chi connectivity index (χ2n) is 8.49. The van der Waals surface area contributed by atoms with E-state index in [1.807, 2.05) is 20.8 Å². The van der Waals surface area contributed by atoms with Gasteiger partial charge in [0.2, 0.25) is 13.1 Å². The number of rotatable bonds is 3. The van der Waals surface area contributed by atoms with Crippen LogP contribution in [0.3, 0.4) is 0 Å². The van der Waals surface area contributed by atoms with Crippen LogP contribution < -0.4 is 14.5 Å². The number of pyridine rings is 2. The zero-order valence-electron chi connectivity index (χ0n) is 18.1. The molecule has 0 radical (unpaired) electrons. The number of nitrogens with zero attached hydrogens (tertiary/aromatic N) is 2. The van der Waals surface area contributed by atoms with Crippen molar-refractivity contribution in [3.63, 3.8) is 0 Å². The molecule has 4 N–H and O–H groups in total. The predicted molar refractivity (Wildman–Crippen MR) is 115 cm³/mol. The van der Waals surface area contributed by atoms with Crippen LogP contribution in [0.2, 0.25) is 0 Å². The minimum absolute atomic E-state index is 0. The number of aromatic nitrogens is 2. The molecule has 31 heavy (non-hydrogen) atoms. The van der Waals surface area contributed by atoms with Crippen LogP contribution in [-0.4, -0.2) is 27.4 Å². The van der Waals surface area contributed by atoms with Crippen molar-refractivity contribution in [1.29, 1.82) is 0 Å². The molecule has 2 aromatic heterocycles. The van der Waals surface area contributed by atoms with Crippen LogP contribution in [0.1, 0.15) is 32.4 Å². The molecule has 6 nitrogen and oxygen atoms in total. The molecule has 0 spiro atoms. The Bertz CT molecular complexity index is 940. The van der Waals surface area contributed by atoms with Crippen molar-refractivity contribution in [2.24, 2.45) is 0 Å². The quantitative estimate of drug-likeness (QED) is 0.352. The van der Waals surface area contributed by atoms with Gasteiger partial charge in [-0.1, -0.05) is 0 Å². The van der Waals surface area contributed by atoms with Crippen molar-refractivity contribution in [3.8, 4) is 22.9 Å². The number of aliphatic hydroxyl groups excluding tert-OH is 1. The number of hydrogen-bond donors (Lipinski definition) is 4. The van der Waals surface area contributed by atoms with E-state index in [1.165, 1.54) is 29.6 Å². The summed E-state index contributed by atoms with van der Waals surface area (Å²) in [7, 11) is 0. The third kappa shape index (κ3) is 7.03. The normalized spacial score (nSPS) is 13.0. The molecular weight excluding hydrogens is 437 g/mol. The zero-order valence-corrected chi connectivity index (χ0v) is 19.1. The Balaban J connectivity index is 0.000000214. The van der Waals surface area contributed by atoms with Crippen molar-refractivity contribution in [3.05, 3.63) is 72.6 Å². The molecule has 0 bridgehead atoms. The van der Waals surface area contributed by atoms with Crippen LogP contribution >= 0.6 is 0 Å². The molecule has 0 aliphatic carbocycles. The van der Waals surface area contributed by atoms with Gasteiger partial charge in [-0.15, -0.1) is 0 Å². The van der Waals surface area contributed by atoms with Gasteiger partial charge < -0.3 is 20.6 Å². The number of aliphatic hydroxyl groups is 1. The Morgan fingerprint density at radius 2 is 1.35 bits per heavy atom. The van der Waals surface area contributed by atoms with E-state index in [2.05, 4.69) is 63.2 Å². The fourth-order valence-corrected chi connectivity index (χ4v) is 3.35. The molecular formula is C24H31N3NiO3+2. The molecule has 0 amide bonds. The molecule has 168 valence electrons. The standard InChI is InChI=1S/C12H12N2.C12H19NO3.Ni/c1-3-7-13-9-10-14-8-4-2-6-12(14)11(13)5-1;1-12(2,3)13-7-11(16)8-4-9(14)6-10(15)5-8;/h1-8H,9-10H2;4-6,11,13-16H,7H2,1-3H3;/q+2;;. The number of hydrogen-bond acceptors (Lipinski definition) is 4. The monoisotopic (exact) mass is 467 g/mol. The summed E-state index contributed by atoms with van der Waals surface area (Å²) in [6.07, 6.45) is 3.54. The number of aromatic hydroxyl groups is 2. The van der Waals surface area contributed by atoms with Crippen molar-refractivity contribution in [2.45, 2.75) is 45.5 Å². The van der Waals surface area contributed by atoms with E-state index >= 15 is 0 Å². The van der Waals surface area contributed by atoms with Crippen LogP contribution in [0.4, 0.5) is 0 Å². The summed E-state index contributed by atoms with van der Waals surface area (Å²) in [5, 5.41) is 31.6. The average Bonchev–Trinajstić information content (AvgIpc) is 2.71. The van der Waals surface area contributed by atoms with Gasteiger partial charge >= 0.3 is 0 Å². The van der Waals surface area contributed by atoms with Gasteiger partial charge in [-0.3, -0.25) is 0 Å². The molecule has 1 aromatic carbocycles. The number of phenols is 2. The Morgan fingerprint density at radius 1 is 0.871 bits per heavy atom. The van der Waals surface area contributed by atoms with Gasteiger partial charge in [0.05, 0.1) is 6.10 Å². The maximum absolute atomic E-state index is 9.85. The van der Waals surface area contributed by atoms with Crippen LogP contribution in [0.5, 0.6) is 11.5 Å². The van der Waals surface area contributed by atoms with E-state index in [1.54, 1.807) is 0 Å². The molecule has 7 heteroatoms. The molecule has 4 rings (SSSR count). The third-order valence-corrected chi connectivity index (χ3v) is 4.86. The summed E-state index contributed by atoms with van der Waals surface area (Å²) >= 11 is 0. The first-order valence-electron chi connectivity index (χ1n) is 10.2. The fraction of sp³-hybridized carbons (Fsp3) is 0.333. The van der Waals surface area contributed by atoms with Gasteiger partial charge in [-0.25, -0.2) is 0 Å². The van der Waals surface area contributed by atoms with E-state index in [4.69, 9.17) is 0 Å². The summed E-state index contributed by atoms with van der Waals surface area (Å²) in [4.78, 5) is 0. The van der Waals surface area contributed by atoms with Crippen LogP contribution in [0.15, 0.2) is 67.0 Å². The molecule has 0 fully saturated rings. The maximum atomic E-state index is 9.85. The van der Waals surface area contributed by atoms with Gasteiger partial charge in [0.1, 0.15) is 11.5 Å². The molecule has 0 saturated heterocycles. The van der Waals surface area contributed by atoms with Gasteiger partial charge in [-0.2, -0.15) is 9.13 Å². The van der Waals surface area contributed by atoms with E-state index in [9.17, 15) is 15.3 Å². The molecule has 3 heterocycles. The average molecular weight is 468 g/mol. The number of nitrogens with one attached hydrogen (secondary N) is 1. The van der Waals surface area contributed by atoms with Crippen LogP contribution in [0, 0.1) is 0 Å². The summed E-state index contributed by atoms with van der Waals surface area (Å²) < 4.78 is 4.60. The Hall–Kier alpha value is -2.47. The van der Waals surface area contributed by atoms with Gasteiger partial charge in [0, 0.05) is 58.9 Å². The fourth-order valence-electron chi connectivity index (χ4n) is 3.35. The number of phenolic OH excluding ortho intramolecular Hbond substituents is 2. The molecule has 1 aliphatic heterocycles. The van der Waals surface area contributed by atoms with E-state index in [-0.39, 0.29) is 33.5 Å². The number of fused-ring (bicyclic) bond motifs is 3. The summed E-state index contributed by atoms with van der Waals surface area (Å²) in [5.41, 5.74) is 3.02.